The molecule has 35 heavy (non-hydrogen) atoms. The second-order valence-electron chi connectivity index (χ2n) is 9.68. The maximum atomic E-state index is 11.2. The van der Waals surface area contributed by atoms with Crippen LogP contribution in [0.3, 0.4) is 0 Å². The van der Waals surface area contributed by atoms with Crippen LogP contribution < -0.4 is 14.2 Å². The minimum atomic E-state index is -1.16. The first-order chi connectivity index (χ1) is 16.5. The lowest BCUT2D eigenvalue weighted by atomic mass is 10.00. The molecular weight excluding hydrogens is 462 g/mol. The summed E-state index contributed by atoms with van der Waals surface area (Å²) in [6.45, 7) is 11.9. The molecule has 2 rings (SSSR count). The average Bonchev–Trinajstić information content (AvgIpc) is 2.80. The topological polar surface area (TPSA) is 80.1 Å². The molecule has 0 fully saturated rings. The summed E-state index contributed by atoms with van der Waals surface area (Å²) >= 11 is 0. The van der Waals surface area contributed by atoms with E-state index in [9.17, 15) is 10.1 Å². The molecule has 0 aliphatic rings. The highest BCUT2D eigenvalue weighted by molar-refractivity contribution is 6.76. The van der Waals surface area contributed by atoms with E-state index in [0.29, 0.717) is 18.8 Å². The number of methoxy groups -OCH3 is 2. The Bertz CT molecular complexity index is 1070. The Morgan fingerprint density at radius 3 is 2.34 bits per heavy atom. The van der Waals surface area contributed by atoms with Crippen LogP contribution in [-0.2, 0) is 11.2 Å². The third-order valence-corrected chi connectivity index (χ3v) is 7.02. The Morgan fingerprint density at radius 2 is 1.74 bits per heavy atom. The van der Waals surface area contributed by atoms with Gasteiger partial charge in [0.15, 0.2) is 12.5 Å². The monoisotopic (exact) mass is 499 g/mol. The smallest absolute Gasteiger partial charge is 0.310 e. The molecule has 0 N–H and O–H groups in total. The zero-order valence-electron chi connectivity index (χ0n) is 21.8. The SMILES string of the molecule is COc1cc(/C=C/c2cc(OCOCC[Si](C)(C)C)cc(OC)c2CC=C(C)C)ccc1[N+](=O)[O-]. The van der Waals surface area contributed by atoms with Crippen LogP contribution in [-0.4, -0.2) is 40.6 Å². The van der Waals surface area contributed by atoms with E-state index in [1.165, 1.54) is 18.7 Å². The number of allylic oxidation sites excluding steroid dienone is 2. The van der Waals surface area contributed by atoms with E-state index in [-0.39, 0.29) is 18.2 Å². The Balaban J connectivity index is 2.34. The highest BCUT2D eigenvalue weighted by atomic mass is 28.3. The van der Waals surface area contributed by atoms with Gasteiger partial charge in [0.05, 0.1) is 19.1 Å². The number of nitro groups is 1. The Labute approximate surface area is 209 Å². The molecule has 0 aliphatic heterocycles. The summed E-state index contributed by atoms with van der Waals surface area (Å²) in [4.78, 5) is 10.7. The molecule has 0 unspecified atom stereocenters. The molecular formula is C27H37NO6Si. The first kappa shape index (κ1) is 28.1. The van der Waals surface area contributed by atoms with Crippen molar-refractivity contribution in [3.05, 3.63) is 68.8 Å². The second-order valence-corrected chi connectivity index (χ2v) is 15.3. The zero-order chi connectivity index (χ0) is 26.0. The van der Waals surface area contributed by atoms with E-state index in [2.05, 4.69) is 39.6 Å². The first-order valence-corrected chi connectivity index (χ1v) is 15.3. The minimum Gasteiger partial charge on any atom is -0.496 e. The summed E-state index contributed by atoms with van der Waals surface area (Å²) < 4.78 is 22.5. The third-order valence-electron chi connectivity index (χ3n) is 5.31. The lowest BCUT2D eigenvalue weighted by Gasteiger charge is -2.17. The van der Waals surface area contributed by atoms with Gasteiger partial charge in [-0.1, -0.05) is 43.4 Å². The second kappa shape index (κ2) is 13.1. The van der Waals surface area contributed by atoms with Gasteiger partial charge in [-0.05, 0) is 55.6 Å². The fourth-order valence-corrected chi connectivity index (χ4v) is 4.02. The van der Waals surface area contributed by atoms with Crippen LogP contribution in [0.25, 0.3) is 12.2 Å². The number of benzene rings is 2. The predicted molar refractivity (Wildman–Crippen MR) is 144 cm³/mol. The van der Waals surface area contributed by atoms with Gasteiger partial charge in [-0.2, -0.15) is 0 Å². The summed E-state index contributed by atoms with van der Waals surface area (Å²) in [6.07, 6.45) is 6.68. The van der Waals surface area contributed by atoms with Gasteiger partial charge in [-0.3, -0.25) is 10.1 Å². The van der Waals surface area contributed by atoms with E-state index < -0.39 is 13.0 Å². The Hall–Kier alpha value is -3.10. The molecule has 2 aromatic carbocycles. The number of rotatable bonds is 13. The molecule has 2 aromatic rings. The number of ether oxygens (including phenoxy) is 4. The summed E-state index contributed by atoms with van der Waals surface area (Å²) in [5.74, 6) is 1.59. The van der Waals surface area contributed by atoms with Crippen LogP contribution in [0.5, 0.6) is 17.2 Å². The normalized spacial score (nSPS) is 11.4. The lowest BCUT2D eigenvalue weighted by molar-refractivity contribution is -0.385. The van der Waals surface area contributed by atoms with Crippen molar-refractivity contribution >= 4 is 25.9 Å². The van der Waals surface area contributed by atoms with Gasteiger partial charge in [0, 0.05) is 32.4 Å². The number of hydrogen-bond acceptors (Lipinski definition) is 6. The fourth-order valence-electron chi connectivity index (χ4n) is 3.26. The molecule has 0 amide bonds. The quantitative estimate of drug-likeness (QED) is 0.0562. The fraction of sp³-hybridized carbons (Fsp3) is 0.407. The van der Waals surface area contributed by atoms with Crippen LogP contribution in [0.15, 0.2) is 42.0 Å². The molecule has 0 heterocycles. The van der Waals surface area contributed by atoms with E-state index in [0.717, 1.165) is 28.5 Å². The van der Waals surface area contributed by atoms with Gasteiger partial charge in [0.2, 0.25) is 0 Å². The number of nitrogens with zero attached hydrogens (tertiary/aromatic N) is 1. The van der Waals surface area contributed by atoms with Crippen LogP contribution in [0.1, 0.15) is 30.5 Å². The first-order valence-electron chi connectivity index (χ1n) is 11.6. The van der Waals surface area contributed by atoms with Gasteiger partial charge in [0.25, 0.3) is 0 Å². The van der Waals surface area contributed by atoms with Gasteiger partial charge >= 0.3 is 5.69 Å². The third kappa shape index (κ3) is 9.22. The van der Waals surface area contributed by atoms with Crippen molar-refractivity contribution in [3.63, 3.8) is 0 Å². The molecule has 0 saturated heterocycles. The van der Waals surface area contributed by atoms with Crippen molar-refractivity contribution in [2.75, 3.05) is 27.6 Å². The van der Waals surface area contributed by atoms with Gasteiger partial charge in [0.1, 0.15) is 11.5 Å². The van der Waals surface area contributed by atoms with E-state index in [1.807, 2.05) is 24.3 Å². The molecule has 190 valence electrons. The van der Waals surface area contributed by atoms with Crippen LogP contribution in [0.2, 0.25) is 25.7 Å². The summed E-state index contributed by atoms with van der Waals surface area (Å²) in [5, 5.41) is 11.2. The molecule has 0 saturated carbocycles. The summed E-state index contributed by atoms with van der Waals surface area (Å²) in [5.41, 5.74) is 3.86. The van der Waals surface area contributed by atoms with Gasteiger partial charge in [-0.25, -0.2) is 0 Å². The minimum absolute atomic E-state index is 0.0694. The molecule has 8 heteroatoms. The maximum Gasteiger partial charge on any atom is 0.310 e. The molecule has 7 nitrogen and oxygen atoms in total. The van der Waals surface area contributed by atoms with Crippen LogP contribution in [0, 0.1) is 10.1 Å². The predicted octanol–water partition coefficient (Wildman–Crippen LogP) is 6.98. The van der Waals surface area contributed by atoms with E-state index in [4.69, 9.17) is 18.9 Å². The van der Waals surface area contributed by atoms with Crippen molar-refractivity contribution in [3.8, 4) is 17.2 Å². The molecule has 0 aromatic heterocycles. The van der Waals surface area contributed by atoms with E-state index >= 15 is 0 Å². The van der Waals surface area contributed by atoms with Crippen LogP contribution in [0.4, 0.5) is 5.69 Å². The molecule has 0 aliphatic carbocycles. The maximum absolute atomic E-state index is 11.2. The van der Waals surface area contributed by atoms with Crippen molar-refractivity contribution < 1.29 is 23.9 Å². The summed E-state index contributed by atoms with van der Waals surface area (Å²) in [6, 6.07) is 9.69. The Kier molecular flexibility index (Phi) is 10.5. The van der Waals surface area contributed by atoms with Crippen molar-refractivity contribution in [1.82, 2.24) is 0 Å². The standard InChI is InChI=1S/C27H37NO6Si/c1-20(2)8-12-24-22(11-9-21-10-13-25(28(29)30)27(16-21)32-4)17-23(18-26(24)31-3)34-19-33-14-15-35(5,6)7/h8-11,13,16-18H,12,14-15,19H2,1-7H3/b11-9+. The number of hydrogen-bond donors (Lipinski definition) is 0. The molecule has 0 atom stereocenters. The largest absolute Gasteiger partial charge is 0.496 e. The van der Waals surface area contributed by atoms with Crippen LogP contribution >= 0.6 is 0 Å². The number of nitro benzene ring substituents is 1. The zero-order valence-corrected chi connectivity index (χ0v) is 22.8. The van der Waals surface area contributed by atoms with Gasteiger partial charge < -0.3 is 18.9 Å². The Morgan fingerprint density at radius 1 is 1.03 bits per heavy atom. The highest BCUT2D eigenvalue weighted by Crippen LogP contribution is 2.32. The molecule has 0 bridgehead atoms. The van der Waals surface area contributed by atoms with Crippen molar-refractivity contribution in [2.45, 2.75) is 46.0 Å². The average molecular weight is 500 g/mol. The molecule has 0 spiro atoms. The van der Waals surface area contributed by atoms with Crippen molar-refractivity contribution in [2.24, 2.45) is 0 Å². The van der Waals surface area contributed by atoms with Gasteiger partial charge in [-0.15, -0.1) is 0 Å². The summed E-state index contributed by atoms with van der Waals surface area (Å²) in [7, 11) is 1.91. The van der Waals surface area contributed by atoms with E-state index in [1.54, 1.807) is 19.2 Å². The lowest BCUT2D eigenvalue weighted by Crippen LogP contribution is -2.22. The highest BCUT2D eigenvalue weighted by Gasteiger charge is 2.15. The molecule has 0 radical (unpaired) electrons. The van der Waals surface area contributed by atoms with Crippen molar-refractivity contribution in [1.29, 1.82) is 0 Å².